The molecule has 3 heterocycles. The van der Waals surface area contributed by atoms with Gasteiger partial charge in [0.05, 0.1) is 29.0 Å². The van der Waals surface area contributed by atoms with Crippen LogP contribution in [-0.4, -0.2) is 29.4 Å². The number of rotatable bonds is 2. The van der Waals surface area contributed by atoms with Crippen molar-refractivity contribution in [1.82, 2.24) is 29.4 Å². The van der Waals surface area contributed by atoms with Crippen molar-refractivity contribution in [3.63, 3.8) is 0 Å². The summed E-state index contributed by atoms with van der Waals surface area (Å²) in [6.45, 7) is 3.98. The van der Waals surface area contributed by atoms with Crippen molar-refractivity contribution < 1.29 is 0 Å². The number of hydrogen-bond acceptors (Lipinski definition) is 4. The monoisotopic (exact) mass is 268 g/mol. The van der Waals surface area contributed by atoms with E-state index in [1.807, 2.05) is 25.6 Å². The summed E-state index contributed by atoms with van der Waals surface area (Å²) in [4.78, 5) is 8.78. The van der Waals surface area contributed by atoms with Crippen molar-refractivity contribution in [3.8, 4) is 11.4 Å². The van der Waals surface area contributed by atoms with Crippen molar-refractivity contribution in [3.05, 3.63) is 29.3 Å². The molecular formula is C14H16N6. The van der Waals surface area contributed by atoms with E-state index in [9.17, 15) is 0 Å². The molecule has 102 valence electrons. The quantitative estimate of drug-likeness (QED) is 0.713. The molecule has 0 amide bonds. The Balaban J connectivity index is 1.86. The summed E-state index contributed by atoms with van der Waals surface area (Å²) in [5.74, 6) is 1.29. The highest BCUT2D eigenvalue weighted by Crippen LogP contribution is 2.40. The topological polar surface area (TPSA) is 60.9 Å². The molecule has 1 aliphatic rings. The highest BCUT2D eigenvalue weighted by molar-refractivity contribution is 5.55. The second-order valence-electron chi connectivity index (χ2n) is 5.49. The molecule has 1 fully saturated rings. The first kappa shape index (κ1) is 11.6. The van der Waals surface area contributed by atoms with Crippen molar-refractivity contribution in [2.24, 2.45) is 7.05 Å². The first-order chi connectivity index (χ1) is 9.63. The van der Waals surface area contributed by atoms with Crippen molar-refractivity contribution >= 4 is 5.78 Å². The minimum Gasteiger partial charge on any atom is -0.266 e. The van der Waals surface area contributed by atoms with Gasteiger partial charge in [-0.1, -0.05) is 0 Å². The van der Waals surface area contributed by atoms with E-state index >= 15 is 0 Å². The van der Waals surface area contributed by atoms with E-state index in [1.165, 1.54) is 18.5 Å². The molecule has 0 aromatic carbocycles. The fourth-order valence-corrected chi connectivity index (χ4v) is 2.46. The van der Waals surface area contributed by atoms with Crippen LogP contribution >= 0.6 is 0 Å². The Labute approximate surface area is 116 Å². The van der Waals surface area contributed by atoms with Crippen LogP contribution in [0.25, 0.3) is 17.2 Å². The minimum absolute atomic E-state index is 0.642. The maximum Gasteiger partial charge on any atom is 0.251 e. The summed E-state index contributed by atoms with van der Waals surface area (Å²) in [5.41, 5.74) is 5.00. The van der Waals surface area contributed by atoms with E-state index in [4.69, 9.17) is 0 Å². The number of hydrogen-bond donors (Lipinski definition) is 0. The lowest BCUT2D eigenvalue weighted by molar-refractivity contribution is 0.743. The van der Waals surface area contributed by atoms with Gasteiger partial charge in [-0.3, -0.25) is 4.68 Å². The van der Waals surface area contributed by atoms with Gasteiger partial charge in [-0.05, 0) is 32.8 Å². The molecule has 0 atom stereocenters. The molecule has 0 N–H and O–H groups in total. The maximum atomic E-state index is 4.65. The van der Waals surface area contributed by atoms with Crippen LogP contribution in [0.4, 0.5) is 0 Å². The lowest BCUT2D eigenvalue weighted by atomic mass is 10.2. The summed E-state index contributed by atoms with van der Waals surface area (Å²) in [6.07, 6.45) is 4.27. The van der Waals surface area contributed by atoms with Crippen LogP contribution < -0.4 is 0 Å². The van der Waals surface area contributed by atoms with E-state index in [0.29, 0.717) is 11.7 Å². The molecule has 0 radical (unpaired) electrons. The van der Waals surface area contributed by atoms with E-state index in [1.54, 1.807) is 10.7 Å². The second-order valence-corrected chi connectivity index (χ2v) is 5.49. The fourth-order valence-electron chi connectivity index (χ4n) is 2.46. The van der Waals surface area contributed by atoms with Gasteiger partial charge in [-0.15, -0.1) is 0 Å². The molecule has 6 heteroatoms. The van der Waals surface area contributed by atoms with Gasteiger partial charge in [0.15, 0.2) is 0 Å². The van der Waals surface area contributed by atoms with E-state index < -0.39 is 0 Å². The third kappa shape index (κ3) is 1.64. The highest BCUT2D eigenvalue weighted by atomic mass is 15.3. The van der Waals surface area contributed by atoms with Crippen molar-refractivity contribution in [2.75, 3.05) is 0 Å². The summed E-state index contributed by atoms with van der Waals surface area (Å²) in [7, 11) is 1.96. The third-order valence-corrected chi connectivity index (χ3v) is 3.97. The Morgan fingerprint density at radius 1 is 1.20 bits per heavy atom. The van der Waals surface area contributed by atoms with Gasteiger partial charge in [-0.2, -0.15) is 10.2 Å². The van der Waals surface area contributed by atoms with E-state index in [-0.39, 0.29) is 0 Å². The zero-order valence-electron chi connectivity index (χ0n) is 11.8. The van der Waals surface area contributed by atoms with Crippen LogP contribution in [0.2, 0.25) is 0 Å². The van der Waals surface area contributed by atoms with E-state index in [2.05, 4.69) is 26.2 Å². The number of fused-ring (bicyclic) bond motifs is 1. The van der Waals surface area contributed by atoms with Gasteiger partial charge in [-0.25, -0.2) is 14.5 Å². The summed E-state index contributed by atoms with van der Waals surface area (Å²) in [6, 6.07) is 2.13. The Morgan fingerprint density at radius 3 is 2.75 bits per heavy atom. The van der Waals surface area contributed by atoms with Crippen LogP contribution in [-0.2, 0) is 7.05 Å². The van der Waals surface area contributed by atoms with Gasteiger partial charge in [0.1, 0.15) is 5.69 Å². The molecule has 6 nitrogen and oxygen atoms in total. The molecule has 0 saturated heterocycles. The van der Waals surface area contributed by atoms with Gasteiger partial charge < -0.3 is 0 Å². The largest absolute Gasteiger partial charge is 0.266 e. The molecule has 20 heavy (non-hydrogen) atoms. The second kappa shape index (κ2) is 3.88. The Bertz CT molecular complexity index is 809. The molecule has 1 aliphatic carbocycles. The number of aromatic nitrogens is 6. The Morgan fingerprint density at radius 2 is 2.00 bits per heavy atom. The highest BCUT2D eigenvalue weighted by Gasteiger charge is 2.27. The smallest absolute Gasteiger partial charge is 0.251 e. The van der Waals surface area contributed by atoms with Crippen LogP contribution in [0.5, 0.6) is 0 Å². The molecule has 0 bridgehead atoms. The number of imidazole rings is 1. The number of nitrogens with zero attached hydrogens (tertiary/aromatic N) is 6. The first-order valence-corrected chi connectivity index (χ1v) is 6.87. The molecule has 0 aliphatic heterocycles. The molecule has 3 aromatic heterocycles. The fraction of sp³-hybridized carbons (Fsp3) is 0.429. The Hall–Kier alpha value is -2.24. The lowest BCUT2D eigenvalue weighted by Gasteiger charge is -2.01. The molecule has 3 aromatic rings. The Kier molecular flexibility index (Phi) is 2.24. The zero-order valence-corrected chi connectivity index (χ0v) is 11.8. The van der Waals surface area contributed by atoms with Gasteiger partial charge in [0, 0.05) is 13.0 Å². The lowest BCUT2D eigenvalue weighted by Crippen LogP contribution is -2.02. The predicted octanol–water partition coefficient (Wildman–Crippen LogP) is 2.02. The molecule has 1 saturated carbocycles. The molecule has 0 spiro atoms. The van der Waals surface area contributed by atoms with Crippen molar-refractivity contribution in [2.45, 2.75) is 32.6 Å². The maximum absolute atomic E-state index is 4.65. The average molecular weight is 268 g/mol. The summed E-state index contributed by atoms with van der Waals surface area (Å²) < 4.78 is 3.69. The van der Waals surface area contributed by atoms with E-state index in [0.717, 1.165) is 22.8 Å². The molecule has 4 rings (SSSR count). The summed E-state index contributed by atoms with van der Waals surface area (Å²) in [5, 5.41) is 9.23. The first-order valence-electron chi connectivity index (χ1n) is 6.87. The predicted molar refractivity (Wildman–Crippen MR) is 74.4 cm³/mol. The average Bonchev–Trinajstić information content (AvgIpc) is 3.16. The number of aryl methyl sites for hydroxylation is 3. The molecule has 0 unspecified atom stereocenters. The van der Waals surface area contributed by atoms with Gasteiger partial charge in [0.2, 0.25) is 0 Å². The third-order valence-electron chi connectivity index (χ3n) is 3.97. The van der Waals surface area contributed by atoms with Gasteiger partial charge >= 0.3 is 0 Å². The standard InChI is InChI=1S/C14H16N6/c1-8-9(2)20-14(16-8)15-7-12(18-20)13-6-11(10-4-5-10)17-19(13)3/h6-7,10H,4-5H2,1-3H3. The molecular weight excluding hydrogens is 252 g/mol. The van der Waals surface area contributed by atoms with Gasteiger partial charge in [0.25, 0.3) is 5.78 Å². The SMILES string of the molecule is Cc1nc2ncc(-c3cc(C4CC4)nn3C)nn2c1C. The van der Waals surface area contributed by atoms with Crippen LogP contribution in [0, 0.1) is 13.8 Å². The van der Waals surface area contributed by atoms with Crippen LogP contribution in [0.15, 0.2) is 12.3 Å². The minimum atomic E-state index is 0.642. The van der Waals surface area contributed by atoms with Crippen LogP contribution in [0.1, 0.15) is 35.8 Å². The van der Waals surface area contributed by atoms with Crippen molar-refractivity contribution in [1.29, 1.82) is 0 Å². The van der Waals surface area contributed by atoms with Crippen LogP contribution in [0.3, 0.4) is 0 Å². The normalized spacial score (nSPS) is 15.2. The zero-order chi connectivity index (χ0) is 13.9. The summed E-state index contributed by atoms with van der Waals surface area (Å²) >= 11 is 0.